The van der Waals surface area contributed by atoms with E-state index in [4.69, 9.17) is 19.0 Å². The summed E-state index contributed by atoms with van der Waals surface area (Å²) < 4.78 is 18.3. The standard InChI is InChI=1S/C28H28N4O4/c1-19-5-6-20(2)23(14-19)32-24(16-22(29-32)25-4-3-13-34-25)28(33)31-11-9-30(10-12-31)17-21-7-8-26-27(15-21)36-18-35-26/h3-8,13-16H,9-12,17-18H2,1-2H3. The van der Waals surface area contributed by atoms with Gasteiger partial charge >= 0.3 is 0 Å². The van der Waals surface area contributed by atoms with Crippen LogP contribution in [0.1, 0.15) is 27.2 Å². The van der Waals surface area contributed by atoms with Gasteiger partial charge < -0.3 is 18.8 Å². The van der Waals surface area contributed by atoms with Gasteiger partial charge in [0.1, 0.15) is 11.4 Å². The Bertz CT molecular complexity index is 1400. The van der Waals surface area contributed by atoms with E-state index in [-0.39, 0.29) is 12.7 Å². The molecule has 0 radical (unpaired) electrons. The molecule has 2 aliphatic heterocycles. The van der Waals surface area contributed by atoms with Crippen LogP contribution in [0.5, 0.6) is 11.5 Å². The minimum Gasteiger partial charge on any atom is -0.463 e. The molecule has 0 aliphatic carbocycles. The fraction of sp³-hybridized carbons (Fsp3) is 0.286. The first-order valence-electron chi connectivity index (χ1n) is 12.2. The van der Waals surface area contributed by atoms with Gasteiger partial charge in [-0.15, -0.1) is 0 Å². The number of benzene rings is 2. The maximum atomic E-state index is 13.8. The van der Waals surface area contributed by atoms with Gasteiger partial charge in [-0.25, -0.2) is 4.68 Å². The Morgan fingerprint density at radius 1 is 0.944 bits per heavy atom. The van der Waals surface area contributed by atoms with Crippen LogP contribution >= 0.6 is 0 Å². The van der Waals surface area contributed by atoms with Crippen LogP contribution in [-0.2, 0) is 6.54 Å². The molecular weight excluding hydrogens is 456 g/mol. The highest BCUT2D eigenvalue weighted by molar-refractivity contribution is 5.94. The third kappa shape index (κ3) is 4.24. The van der Waals surface area contributed by atoms with Crippen molar-refractivity contribution in [3.05, 3.63) is 83.2 Å². The van der Waals surface area contributed by atoms with Crippen LogP contribution in [0, 0.1) is 13.8 Å². The van der Waals surface area contributed by atoms with Crippen LogP contribution in [-0.4, -0.2) is 58.5 Å². The molecule has 184 valence electrons. The number of amides is 1. The summed E-state index contributed by atoms with van der Waals surface area (Å²) >= 11 is 0. The number of carbonyl (C=O) groups excluding carboxylic acids is 1. The lowest BCUT2D eigenvalue weighted by Crippen LogP contribution is -2.48. The number of furan rings is 1. The largest absolute Gasteiger partial charge is 0.463 e. The molecule has 2 aromatic heterocycles. The number of hydrogen-bond donors (Lipinski definition) is 0. The Kier molecular flexibility index (Phi) is 5.73. The van der Waals surface area contributed by atoms with Crippen molar-refractivity contribution in [3.8, 4) is 28.6 Å². The third-order valence-corrected chi connectivity index (χ3v) is 6.80. The molecule has 1 fully saturated rings. The number of ether oxygens (including phenoxy) is 2. The highest BCUT2D eigenvalue weighted by Crippen LogP contribution is 2.33. The lowest BCUT2D eigenvalue weighted by molar-refractivity contribution is 0.0619. The Morgan fingerprint density at radius 2 is 1.78 bits per heavy atom. The zero-order chi connectivity index (χ0) is 24.6. The van der Waals surface area contributed by atoms with E-state index in [1.54, 1.807) is 10.9 Å². The quantitative estimate of drug-likeness (QED) is 0.417. The first-order chi connectivity index (χ1) is 17.5. The van der Waals surface area contributed by atoms with Crippen LogP contribution in [0.2, 0.25) is 0 Å². The van der Waals surface area contributed by atoms with Crippen LogP contribution in [0.4, 0.5) is 0 Å². The molecule has 4 heterocycles. The Morgan fingerprint density at radius 3 is 2.58 bits per heavy atom. The molecule has 0 spiro atoms. The van der Waals surface area contributed by atoms with E-state index in [1.165, 1.54) is 5.56 Å². The highest BCUT2D eigenvalue weighted by Gasteiger charge is 2.27. The summed E-state index contributed by atoms with van der Waals surface area (Å²) in [5.41, 5.74) is 5.43. The Labute approximate surface area is 209 Å². The molecule has 0 bridgehead atoms. The summed E-state index contributed by atoms with van der Waals surface area (Å²) in [6.07, 6.45) is 1.62. The third-order valence-electron chi connectivity index (χ3n) is 6.80. The number of rotatable bonds is 5. The molecule has 1 saturated heterocycles. The van der Waals surface area contributed by atoms with Crippen LogP contribution < -0.4 is 9.47 Å². The van der Waals surface area contributed by atoms with E-state index in [0.717, 1.165) is 47.9 Å². The Hall–Kier alpha value is -4.04. The van der Waals surface area contributed by atoms with E-state index in [2.05, 4.69) is 29.2 Å². The van der Waals surface area contributed by atoms with E-state index in [1.807, 2.05) is 49.1 Å². The van der Waals surface area contributed by atoms with Gasteiger partial charge in [-0.2, -0.15) is 5.10 Å². The molecule has 0 unspecified atom stereocenters. The van der Waals surface area contributed by atoms with E-state index >= 15 is 0 Å². The number of aromatic nitrogens is 2. The summed E-state index contributed by atoms with van der Waals surface area (Å²) in [5.74, 6) is 2.21. The van der Waals surface area contributed by atoms with Gasteiger partial charge in [0.25, 0.3) is 5.91 Å². The van der Waals surface area contributed by atoms with Crippen molar-refractivity contribution in [2.24, 2.45) is 0 Å². The van der Waals surface area contributed by atoms with E-state index in [9.17, 15) is 4.79 Å². The fourth-order valence-corrected chi connectivity index (χ4v) is 4.78. The number of piperazine rings is 1. The predicted octanol–water partition coefficient (Wildman–Crippen LogP) is 4.44. The summed E-state index contributed by atoms with van der Waals surface area (Å²) in [4.78, 5) is 18.0. The molecule has 8 nitrogen and oxygen atoms in total. The topological polar surface area (TPSA) is 73.0 Å². The summed E-state index contributed by atoms with van der Waals surface area (Å²) in [6.45, 7) is 8.05. The average molecular weight is 485 g/mol. The lowest BCUT2D eigenvalue weighted by Gasteiger charge is -2.34. The van der Waals surface area contributed by atoms with Gasteiger partial charge in [-0.1, -0.05) is 18.2 Å². The molecule has 1 amide bonds. The zero-order valence-corrected chi connectivity index (χ0v) is 20.4. The smallest absolute Gasteiger partial charge is 0.272 e. The van der Waals surface area contributed by atoms with Gasteiger partial charge in [-0.05, 0) is 60.9 Å². The summed E-state index contributed by atoms with van der Waals surface area (Å²) in [6, 6.07) is 17.8. The van der Waals surface area contributed by atoms with Crippen molar-refractivity contribution in [1.29, 1.82) is 0 Å². The van der Waals surface area contributed by atoms with E-state index < -0.39 is 0 Å². The average Bonchev–Trinajstić information content (AvgIpc) is 3.66. The molecule has 2 aromatic carbocycles. The van der Waals surface area contributed by atoms with Crippen molar-refractivity contribution in [2.75, 3.05) is 33.0 Å². The monoisotopic (exact) mass is 484 g/mol. The zero-order valence-electron chi connectivity index (χ0n) is 20.4. The number of fused-ring (bicyclic) bond motifs is 1. The van der Waals surface area contributed by atoms with Gasteiger partial charge in [0.15, 0.2) is 17.3 Å². The Balaban J connectivity index is 1.21. The van der Waals surface area contributed by atoms with Crippen LogP contribution in [0.25, 0.3) is 17.1 Å². The minimum atomic E-state index is -0.0241. The van der Waals surface area contributed by atoms with Crippen molar-refractivity contribution in [3.63, 3.8) is 0 Å². The summed E-state index contributed by atoms with van der Waals surface area (Å²) in [7, 11) is 0. The van der Waals surface area contributed by atoms with Gasteiger partial charge in [0.05, 0.1) is 12.0 Å². The molecule has 36 heavy (non-hydrogen) atoms. The molecular formula is C28H28N4O4. The van der Waals surface area contributed by atoms with Gasteiger partial charge in [0, 0.05) is 38.8 Å². The second kappa shape index (κ2) is 9.20. The van der Waals surface area contributed by atoms with Gasteiger partial charge in [0.2, 0.25) is 6.79 Å². The SMILES string of the molecule is Cc1ccc(C)c(-n2nc(-c3ccco3)cc2C(=O)N2CCN(Cc3ccc4c(c3)OCO4)CC2)c1. The van der Waals surface area contributed by atoms with Crippen molar-refractivity contribution in [1.82, 2.24) is 19.6 Å². The molecule has 2 aliphatic rings. The molecule has 0 saturated carbocycles. The number of hydrogen-bond acceptors (Lipinski definition) is 6. The molecule has 0 atom stereocenters. The maximum absolute atomic E-state index is 13.8. The second-order valence-corrected chi connectivity index (χ2v) is 9.35. The number of aryl methyl sites for hydroxylation is 2. The maximum Gasteiger partial charge on any atom is 0.272 e. The number of nitrogens with zero attached hydrogens (tertiary/aromatic N) is 4. The van der Waals surface area contributed by atoms with Crippen LogP contribution in [0.3, 0.4) is 0 Å². The first-order valence-corrected chi connectivity index (χ1v) is 12.2. The highest BCUT2D eigenvalue weighted by atomic mass is 16.7. The predicted molar refractivity (Wildman–Crippen MR) is 134 cm³/mol. The first kappa shape index (κ1) is 22.4. The second-order valence-electron chi connectivity index (χ2n) is 9.35. The molecule has 6 rings (SSSR count). The van der Waals surface area contributed by atoms with Crippen molar-refractivity contribution in [2.45, 2.75) is 20.4 Å². The molecule has 8 heteroatoms. The number of carbonyl (C=O) groups is 1. The fourth-order valence-electron chi connectivity index (χ4n) is 4.78. The molecule has 0 N–H and O–H groups in total. The van der Waals surface area contributed by atoms with E-state index in [0.29, 0.717) is 30.2 Å². The molecule has 4 aromatic rings. The van der Waals surface area contributed by atoms with Crippen molar-refractivity contribution < 1.29 is 18.7 Å². The summed E-state index contributed by atoms with van der Waals surface area (Å²) in [5, 5.41) is 4.78. The van der Waals surface area contributed by atoms with Crippen LogP contribution in [0.15, 0.2) is 65.3 Å². The lowest BCUT2D eigenvalue weighted by atomic mass is 10.1. The minimum absolute atomic E-state index is 0.0241. The van der Waals surface area contributed by atoms with Crippen molar-refractivity contribution >= 4 is 5.91 Å². The normalized spacial score (nSPS) is 15.4. The van der Waals surface area contributed by atoms with Gasteiger partial charge in [-0.3, -0.25) is 9.69 Å².